The standard InChI is InChI=1S/C31H27BrN2O3/c1-36-31(35)24-18-28-29(33-19-24)26-12-9-23(20-7-10-25(32)11-8-20)17-27(26)34(28)30(21-5-3-2-4-6-21)22-13-15-37-16-14-22/h2-12,17-19,22,30H,13-16H2,1H3/t30-/m1/s1. The van der Waals surface area contributed by atoms with Gasteiger partial charge in [-0.05, 0) is 59.7 Å². The minimum atomic E-state index is -0.385. The van der Waals surface area contributed by atoms with Gasteiger partial charge < -0.3 is 14.0 Å². The van der Waals surface area contributed by atoms with Crippen LogP contribution in [0.4, 0.5) is 0 Å². The molecule has 1 saturated heterocycles. The number of halogens is 1. The third-order valence-corrected chi connectivity index (χ3v) is 7.90. The van der Waals surface area contributed by atoms with E-state index in [-0.39, 0.29) is 12.0 Å². The van der Waals surface area contributed by atoms with Gasteiger partial charge in [0.25, 0.3) is 0 Å². The molecule has 6 rings (SSSR count). The molecule has 3 heterocycles. The van der Waals surface area contributed by atoms with Crippen LogP contribution in [0.3, 0.4) is 0 Å². The number of fused-ring (bicyclic) bond motifs is 3. The van der Waals surface area contributed by atoms with E-state index in [1.165, 1.54) is 12.7 Å². The van der Waals surface area contributed by atoms with E-state index in [9.17, 15) is 4.79 Å². The normalized spacial score (nSPS) is 15.2. The van der Waals surface area contributed by atoms with Gasteiger partial charge in [-0.15, -0.1) is 0 Å². The highest BCUT2D eigenvalue weighted by Crippen LogP contribution is 2.41. The van der Waals surface area contributed by atoms with Crippen molar-refractivity contribution in [1.29, 1.82) is 0 Å². The highest BCUT2D eigenvalue weighted by molar-refractivity contribution is 9.10. The van der Waals surface area contributed by atoms with Gasteiger partial charge in [0.15, 0.2) is 0 Å². The lowest BCUT2D eigenvalue weighted by molar-refractivity contribution is 0.0553. The minimum Gasteiger partial charge on any atom is -0.465 e. The lowest BCUT2D eigenvalue weighted by Gasteiger charge is -2.33. The molecule has 3 aromatic carbocycles. The van der Waals surface area contributed by atoms with Crippen LogP contribution in [-0.2, 0) is 9.47 Å². The topological polar surface area (TPSA) is 53.3 Å². The first-order chi connectivity index (χ1) is 18.1. The molecule has 0 N–H and O–H groups in total. The Morgan fingerprint density at radius 2 is 1.70 bits per heavy atom. The van der Waals surface area contributed by atoms with Crippen LogP contribution in [0.15, 0.2) is 89.5 Å². The Morgan fingerprint density at radius 3 is 2.43 bits per heavy atom. The fraction of sp³-hybridized carbons (Fsp3) is 0.226. The monoisotopic (exact) mass is 554 g/mol. The number of hydrogen-bond acceptors (Lipinski definition) is 4. The van der Waals surface area contributed by atoms with E-state index in [2.05, 4.69) is 93.3 Å². The van der Waals surface area contributed by atoms with E-state index in [0.717, 1.165) is 63.6 Å². The molecule has 6 heteroatoms. The molecule has 0 bridgehead atoms. The largest absolute Gasteiger partial charge is 0.465 e. The first kappa shape index (κ1) is 23.9. The second kappa shape index (κ2) is 10.1. The van der Waals surface area contributed by atoms with Crippen LogP contribution >= 0.6 is 15.9 Å². The van der Waals surface area contributed by atoms with Crippen LogP contribution in [0.1, 0.15) is 34.8 Å². The van der Waals surface area contributed by atoms with E-state index in [4.69, 9.17) is 14.5 Å². The number of esters is 1. The first-order valence-electron chi connectivity index (χ1n) is 12.5. The second-order valence-corrected chi connectivity index (χ2v) is 10.4. The molecule has 186 valence electrons. The van der Waals surface area contributed by atoms with Crippen LogP contribution in [0.25, 0.3) is 33.1 Å². The summed E-state index contributed by atoms with van der Waals surface area (Å²) < 4.78 is 14.2. The smallest absolute Gasteiger partial charge is 0.339 e. The van der Waals surface area contributed by atoms with Crippen LogP contribution in [-0.4, -0.2) is 35.8 Å². The predicted octanol–water partition coefficient (Wildman–Crippen LogP) is 7.42. The van der Waals surface area contributed by atoms with E-state index in [1.807, 2.05) is 6.07 Å². The average Bonchev–Trinajstić information content (AvgIpc) is 3.27. The van der Waals surface area contributed by atoms with Crippen LogP contribution in [0.5, 0.6) is 0 Å². The molecular formula is C31H27BrN2O3. The number of pyridine rings is 1. The number of nitrogens with zero attached hydrogens (tertiary/aromatic N) is 2. The highest BCUT2D eigenvalue weighted by atomic mass is 79.9. The number of benzene rings is 3. The summed E-state index contributed by atoms with van der Waals surface area (Å²) >= 11 is 3.55. The number of methoxy groups -OCH3 is 1. The lowest BCUT2D eigenvalue weighted by Crippen LogP contribution is -2.27. The molecule has 1 fully saturated rings. The van der Waals surface area contributed by atoms with Gasteiger partial charge in [0.2, 0.25) is 0 Å². The number of carbonyl (C=O) groups is 1. The lowest BCUT2D eigenvalue weighted by atomic mass is 9.86. The molecule has 0 amide bonds. The van der Waals surface area contributed by atoms with Crippen LogP contribution in [0.2, 0.25) is 0 Å². The Bertz CT molecular complexity index is 1570. The zero-order chi connectivity index (χ0) is 25.4. The zero-order valence-corrected chi connectivity index (χ0v) is 22.1. The predicted molar refractivity (Wildman–Crippen MR) is 150 cm³/mol. The SMILES string of the molecule is COC(=O)c1cnc2c3ccc(-c4ccc(Br)cc4)cc3n([C@H](c3ccccc3)C3CCOCC3)c2c1. The zero-order valence-electron chi connectivity index (χ0n) is 20.6. The maximum atomic E-state index is 12.5. The summed E-state index contributed by atoms with van der Waals surface area (Å²) in [5.74, 6) is -0.00263. The van der Waals surface area contributed by atoms with E-state index in [1.54, 1.807) is 6.20 Å². The van der Waals surface area contributed by atoms with Gasteiger partial charge in [-0.3, -0.25) is 4.98 Å². The third kappa shape index (κ3) is 4.45. The van der Waals surface area contributed by atoms with Crippen molar-refractivity contribution in [3.63, 3.8) is 0 Å². The fourth-order valence-corrected chi connectivity index (χ4v) is 5.83. The molecule has 1 atom stereocenters. The quantitative estimate of drug-likeness (QED) is 0.212. The van der Waals surface area contributed by atoms with Gasteiger partial charge in [0, 0.05) is 29.3 Å². The Kier molecular flexibility index (Phi) is 6.53. The molecule has 0 unspecified atom stereocenters. The summed E-state index contributed by atoms with van der Waals surface area (Å²) in [7, 11) is 1.40. The van der Waals surface area contributed by atoms with Gasteiger partial charge >= 0.3 is 5.97 Å². The first-order valence-corrected chi connectivity index (χ1v) is 13.3. The molecule has 0 saturated carbocycles. The Morgan fingerprint density at radius 1 is 0.973 bits per heavy atom. The van der Waals surface area contributed by atoms with E-state index in [0.29, 0.717) is 11.5 Å². The molecule has 1 aliphatic heterocycles. The van der Waals surface area contributed by atoms with E-state index >= 15 is 0 Å². The Hall–Kier alpha value is -3.48. The fourth-order valence-electron chi connectivity index (χ4n) is 5.57. The number of ether oxygens (including phenoxy) is 2. The Balaban J connectivity index is 1.66. The molecule has 0 aliphatic carbocycles. The number of hydrogen-bond donors (Lipinski definition) is 0. The van der Waals surface area contributed by atoms with Gasteiger partial charge in [0.1, 0.15) is 0 Å². The average molecular weight is 555 g/mol. The molecule has 2 aromatic heterocycles. The second-order valence-electron chi connectivity index (χ2n) is 9.50. The summed E-state index contributed by atoms with van der Waals surface area (Å²) in [5, 5.41) is 1.07. The van der Waals surface area contributed by atoms with Gasteiger partial charge in [-0.1, -0.05) is 70.5 Å². The molecule has 5 nitrogen and oxygen atoms in total. The number of rotatable bonds is 5. The van der Waals surface area contributed by atoms with Crippen molar-refractivity contribution in [2.45, 2.75) is 18.9 Å². The summed E-state index contributed by atoms with van der Waals surface area (Å²) in [6.45, 7) is 1.50. The maximum Gasteiger partial charge on any atom is 0.339 e. The van der Waals surface area contributed by atoms with Gasteiger partial charge in [-0.25, -0.2) is 4.79 Å². The van der Waals surface area contributed by atoms with Crippen molar-refractivity contribution in [1.82, 2.24) is 9.55 Å². The minimum absolute atomic E-state index is 0.0694. The summed E-state index contributed by atoms with van der Waals surface area (Å²) in [6, 6.07) is 27.6. The Labute approximate surface area is 224 Å². The van der Waals surface area contributed by atoms with Crippen molar-refractivity contribution in [2.75, 3.05) is 20.3 Å². The van der Waals surface area contributed by atoms with Gasteiger partial charge in [0.05, 0.1) is 35.3 Å². The van der Waals surface area contributed by atoms with Crippen molar-refractivity contribution in [2.24, 2.45) is 5.92 Å². The number of aromatic nitrogens is 2. The molecule has 0 spiro atoms. The molecule has 5 aromatic rings. The molecule has 0 radical (unpaired) electrons. The number of carbonyl (C=O) groups excluding carboxylic acids is 1. The van der Waals surface area contributed by atoms with Crippen molar-refractivity contribution >= 4 is 43.8 Å². The van der Waals surface area contributed by atoms with Gasteiger partial charge in [-0.2, -0.15) is 0 Å². The third-order valence-electron chi connectivity index (χ3n) is 7.37. The van der Waals surface area contributed by atoms with Crippen molar-refractivity contribution in [3.8, 4) is 11.1 Å². The summed E-state index contributed by atoms with van der Waals surface area (Å²) in [6.07, 6.45) is 3.56. The summed E-state index contributed by atoms with van der Waals surface area (Å²) in [5.41, 5.74) is 6.90. The molecular weight excluding hydrogens is 528 g/mol. The molecule has 37 heavy (non-hydrogen) atoms. The van der Waals surface area contributed by atoms with Crippen molar-refractivity contribution in [3.05, 3.63) is 101 Å². The van der Waals surface area contributed by atoms with Crippen LogP contribution < -0.4 is 0 Å². The van der Waals surface area contributed by atoms with Crippen LogP contribution in [0, 0.1) is 5.92 Å². The molecule has 1 aliphatic rings. The van der Waals surface area contributed by atoms with Crippen molar-refractivity contribution < 1.29 is 14.3 Å². The maximum absolute atomic E-state index is 12.5. The highest BCUT2D eigenvalue weighted by Gasteiger charge is 2.30. The summed E-state index contributed by atoms with van der Waals surface area (Å²) in [4.78, 5) is 17.3. The van der Waals surface area contributed by atoms with E-state index < -0.39 is 0 Å².